The van der Waals surface area contributed by atoms with Crippen LogP contribution in [-0.4, -0.2) is 30.1 Å². The number of nitrogens with zero attached hydrogens (tertiary/aromatic N) is 1. The molecule has 1 saturated heterocycles. The summed E-state index contributed by atoms with van der Waals surface area (Å²) in [6.07, 6.45) is 1.52. The van der Waals surface area contributed by atoms with Gasteiger partial charge in [-0.15, -0.1) is 0 Å². The Labute approximate surface area is 175 Å². The van der Waals surface area contributed by atoms with E-state index in [4.69, 9.17) is 21.7 Å². The van der Waals surface area contributed by atoms with Crippen LogP contribution in [0.1, 0.15) is 25.0 Å². The van der Waals surface area contributed by atoms with Crippen molar-refractivity contribution >= 4 is 40.9 Å². The van der Waals surface area contributed by atoms with Gasteiger partial charge < -0.3 is 9.47 Å². The lowest BCUT2D eigenvalue weighted by atomic mass is 10.1. The Hall–Kier alpha value is -3.19. The van der Waals surface area contributed by atoms with Gasteiger partial charge in [0.2, 0.25) is 0 Å². The van der Waals surface area contributed by atoms with Crippen LogP contribution in [0.4, 0.5) is 5.69 Å². The van der Waals surface area contributed by atoms with Gasteiger partial charge in [0, 0.05) is 11.6 Å². The van der Waals surface area contributed by atoms with Crippen molar-refractivity contribution in [3.8, 4) is 11.5 Å². The molecule has 0 aromatic heterocycles. The van der Waals surface area contributed by atoms with Gasteiger partial charge in [-0.3, -0.25) is 19.8 Å². The van der Waals surface area contributed by atoms with E-state index in [0.717, 1.165) is 5.56 Å². The highest BCUT2D eigenvalue weighted by atomic mass is 32.1. The van der Waals surface area contributed by atoms with E-state index in [0.29, 0.717) is 36.0 Å². The van der Waals surface area contributed by atoms with Crippen molar-refractivity contribution in [2.24, 2.45) is 0 Å². The molecule has 2 aromatic rings. The molecule has 0 saturated carbocycles. The summed E-state index contributed by atoms with van der Waals surface area (Å²) in [7, 11) is 0. The maximum Gasteiger partial charge on any atom is 0.270 e. The third-order valence-corrected chi connectivity index (χ3v) is 4.57. The summed E-state index contributed by atoms with van der Waals surface area (Å²) >= 11 is 5.23. The Balaban J connectivity index is 2.01. The first-order valence-electron chi connectivity index (χ1n) is 9.32. The Kier molecular flexibility index (Phi) is 6.29. The average molecular weight is 410 g/mol. The molecule has 1 aliphatic rings. The molecular formula is C22H22N2O4S. The number of carbonyl (C=O) groups excluding carboxylic acids is 2. The first kappa shape index (κ1) is 20.5. The van der Waals surface area contributed by atoms with E-state index in [-0.39, 0.29) is 10.7 Å². The molecule has 2 amide bonds. The van der Waals surface area contributed by atoms with Crippen LogP contribution < -0.4 is 19.7 Å². The molecule has 0 unspecified atom stereocenters. The number of amides is 2. The highest BCUT2D eigenvalue weighted by molar-refractivity contribution is 7.80. The standard InChI is InChI=1S/C22H22N2O4S/c1-4-27-17-11-8-15(19(13-17)28-5-2)12-18-20(25)23-22(29)24(21(18)26)16-9-6-14(3)7-10-16/h6-13H,4-5H2,1-3H3,(H,23,25,29)/b18-12-. The minimum absolute atomic E-state index is 0.0238. The maximum atomic E-state index is 13.1. The van der Waals surface area contributed by atoms with Crippen LogP contribution in [0.15, 0.2) is 48.0 Å². The highest BCUT2D eigenvalue weighted by Crippen LogP contribution is 2.29. The number of hydrogen-bond acceptors (Lipinski definition) is 5. The molecule has 0 atom stereocenters. The second kappa shape index (κ2) is 8.87. The Morgan fingerprint density at radius 1 is 1.03 bits per heavy atom. The van der Waals surface area contributed by atoms with Crippen LogP contribution in [0, 0.1) is 6.92 Å². The first-order chi connectivity index (χ1) is 13.9. The molecule has 2 aromatic carbocycles. The second-order valence-electron chi connectivity index (χ2n) is 6.36. The van der Waals surface area contributed by atoms with E-state index in [1.54, 1.807) is 30.3 Å². The van der Waals surface area contributed by atoms with Gasteiger partial charge in [-0.05, 0) is 63.3 Å². The number of benzene rings is 2. The Bertz CT molecular complexity index is 983. The number of ether oxygens (including phenoxy) is 2. The van der Waals surface area contributed by atoms with Crippen molar-refractivity contribution in [1.29, 1.82) is 0 Å². The van der Waals surface area contributed by atoms with E-state index in [9.17, 15) is 9.59 Å². The summed E-state index contributed by atoms with van der Waals surface area (Å²) in [5.41, 5.74) is 2.22. The first-order valence-corrected chi connectivity index (χ1v) is 9.73. The predicted molar refractivity (Wildman–Crippen MR) is 116 cm³/mol. The minimum Gasteiger partial charge on any atom is -0.494 e. The molecule has 1 heterocycles. The van der Waals surface area contributed by atoms with E-state index >= 15 is 0 Å². The molecule has 1 N–H and O–H groups in total. The van der Waals surface area contributed by atoms with Crippen LogP contribution in [0.2, 0.25) is 0 Å². The molecule has 0 aliphatic carbocycles. The molecule has 1 aliphatic heterocycles. The molecule has 0 spiro atoms. The molecule has 6 nitrogen and oxygen atoms in total. The SMILES string of the molecule is CCOc1ccc(/C=C2/C(=O)NC(=S)N(c3ccc(C)cc3)C2=O)c(OCC)c1. The number of aryl methyl sites for hydroxylation is 1. The number of anilines is 1. The average Bonchev–Trinajstić information content (AvgIpc) is 2.68. The molecule has 7 heteroatoms. The zero-order valence-electron chi connectivity index (χ0n) is 16.5. The maximum absolute atomic E-state index is 13.1. The highest BCUT2D eigenvalue weighted by Gasteiger charge is 2.34. The van der Waals surface area contributed by atoms with E-state index in [1.807, 2.05) is 32.9 Å². The second-order valence-corrected chi connectivity index (χ2v) is 6.75. The summed E-state index contributed by atoms with van der Waals surface area (Å²) in [6.45, 7) is 6.67. The lowest BCUT2D eigenvalue weighted by Gasteiger charge is -2.29. The lowest BCUT2D eigenvalue weighted by Crippen LogP contribution is -2.54. The van der Waals surface area contributed by atoms with Crippen LogP contribution in [0.3, 0.4) is 0 Å². The minimum atomic E-state index is -0.542. The number of thiocarbonyl (C=S) groups is 1. The summed E-state index contributed by atoms with van der Waals surface area (Å²) < 4.78 is 11.2. The monoisotopic (exact) mass is 410 g/mol. The topological polar surface area (TPSA) is 67.9 Å². The van der Waals surface area contributed by atoms with Gasteiger partial charge in [0.05, 0.1) is 18.9 Å². The summed E-state index contributed by atoms with van der Waals surface area (Å²) in [6, 6.07) is 12.6. The van der Waals surface area contributed by atoms with Crippen LogP contribution >= 0.6 is 12.2 Å². The zero-order valence-corrected chi connectivity index (χ0v) is 17.3. The third-order valence-electron chi connectivity index (χ3n) is 4.29. The molecule has 150 valence electrons. The van der Waals surface area contributed by atoms with Crippen LogP contribution in [0.25, 0.3) is 6.08 Å². The largest absolute Gasteiger partial charge is 0.494 e. The van der Waals surface area contributed by atoms with Crippen LogP contribution in [-0.2, 0) is 9.59 Å². The predicted octanol–water partition coefficient (Wildman–Crippen LogP) is 3.62. The quantitative estimate of drug-likeness (QED) is 0.448. The molecule has 0 bridgehead atoms. The Morgan fingerprint density at radius 2 is 1.72 bits per heavy atom. The van der Waals surface area contributed by atoms with Crippen molar-refractivity contribution in [1.82, 2.24) is 5.32 Å². The van der Waals surface area contributed by atoms with Gasteiger partial charge in [0.15, 0.2) is 5.11 Å². The van der Waals surface area contributed by atoms with E-state index < -0.39 is 11.8 Å². The van der Waals surface area contributed by atoms with Gasteiger partial charge in [-0.25, -0.2) is 0 Å². The number of rotatable bonds is 6. The van der Waals surface area contributed by atoms with Crippen molar-refractivity contribution in [3.63, 3.8) is 0 Å². The van der Waals surface area contributed by atoms with Gasteiger partial charge in [-0.1, -0.05) is 17.7 Å². The van der Waals surface area contributed by atoms with Crippen molar-refractivity contribution < 1.29 is 19.1 Å². The van der Waals surface area contributed by atoms with Gasteiger partial charge in [0.1, 0.15) is 17.1 Å². The fourth-order valence-corrected chi connectivity index (χ4v) is 3.19. The van der Waals surface area contributed by atoms with Crippen molar-refractivity contribution in [2.45, 2.75) is 20.8 Å². The fraction of sp³-hybridized carbons (Fsp3) is 0.227. The van der Waals surface area contributed by atoms with E-state index in [2.05, 4.69) is 5.32 Å². The molecule has 1 fully saturated rings. The van der Waals surface area contributed by atoms with Gasteiger partial charge in [-0.2, -0.15) is 0 Å². The molecular weight excluding hydrogens is 388 g/mol. The fourth-order valence-electron chi connectivity index (χ4n) is 2.91. The molecule has 29 heavy (non-hydrogen) atoms. The third kappa shape index (κ3) is 4.46. The van der Waals surface area contributed by atoms with Crippen molar-refractivity contribution in [3.05, 3.63) is 59.2 Å². The van der Waals surface area contributed by atoms with Gasteiger partial charge >= 0.3 is 0 Å². The number of carbonyl (C=O) groups is 2. The lowest BCUT2D eigenvalue weighted by molar-refractivity contribution is -0.122. The number of nitrogens with one attached hydrogen (secondary N) is 1. The summed E-state index contributed by atoms with van der Waals surface area (Å²) in [5.74, 6) is 0.153. The smallest absolute Gasteiger partial charge is 0.270 e. The molecule has 3 rings (SSSR count). The normalized spacial score (nSPS) is 15.5. The van der Waals surface area contributed by atoms with Crippen molar-refractivity contribution in [2.75, 3.05) is 18.1 Å². The molecule has 0 radical (unpaired) electrons. The van der Waals surface area contributed by atoms with Crippen LogP contribution in [0.5, 0.6) is 11.5 Å². The Morgan fingerprint density at radius 3 is 2.38 bits per heavy atom. The van der Waals surface area contributed by atoms with E-state index in [1.165, 1.54) is 11.0 Å². The zero-order chi connectivity index (χ0) is 21.0. The summed E-state index contributed by atoms with van der Waals surface area (Å²) in [5, 5.41) is 2.64. The van der Waals surface area contributed by atoms with Gasteiger partial charge in [0.25, 0.3) is 11.8 Å². The number of hydrogen-bond donors (Lipinski definition) is 1. The summed E-state index contributed by atoms with van der Waals surface area (Å²) in [4.78, 5) is 26.9.